The van der Waals surface area contributed by atoms with Crippen LogP contribution in [0.5, 0.6) is 17.2 Å². The van der Waals surface area contributed by atoms with Crippen molar-refractivity contribution in [3.63, 3.8) is 0 Å². The monoisotopic (exact) mass is 441 g/mol. The average molecular weight is 441 g/mol. The Balaban J connectivity index is 1.45. The zero-order chi connectivity index (χ0) is 23.0. The van der Waals surface area contributed by atoms with Crippen LogP contribution in [0, 0.1) is 6.92 Å². The first-order valence-corrected chi connectivity index (χ1v) is 10.5. The molecule has 7 nitrogen and oxygen atoms in total. The maximum Gasteiger partial charge on any atom is 0.276 e. The van der Waals surface area contributed by atoms with Crippen LogP contribution in [0.3, 0.4) is 0 Å². The molecule has 3 aromatic carbocycles. The minimum Gasteiger partial charge on any atom is -0.492 e. The van der Waals surface area contributed by atoms with E-state index in [1.807, 2.05) is 67.6 Å². The van der Waals surface area contributed by atoms with Crippen LogP contribution in [-0.4, -0.2) is 22.3 Å². The van der Waals surface area contributed by atoms with Gasteiger partial charge < -0.3 is 14.8 Å². The SMILES string of the molecule is Cc1ccc(Oc2ccccc2NC(=O)c2ccc(=O)n(CCOc3ccccc3)n2)cc1. The summed E-state index contributed by atoms with van der Waals surface area (Å²) < 4.78 is 12.8. The summed E-state index contributed by atoms with van der Waals surface area (Å²) in [5.74, 6) is 1.41. The van der Waals surface area contributed by atoms with Crippen LogP contribution in [0.1, 0.15) is 16.1 Å². The first-order valence-electron chi connectivity index (χ1n) is 10.5. The maximum absolute atomic E-state index is 12.8. The van der Waals surface area contributed by atoms with Crippen LogP contribution in [0.4, 0.5) is 5.69 Å². The Morgan fingerprint density at radius 2 is 1.61 bits per heavy atom. The van der Waals surface area contributed by atoms with Crippen molar-refractivity contribution in [3.05, 3.63) is 113 Å². The Morgan fingerprint density at radius 3 is 2.39 bits per heavy atom. The van der Waals surface area contributed by atoms with E-state index in [1.165, 1.54) is 16.8 Å². The number of aryl methyl sites for hydroxylation is 1. The largest absolute Gasteiger partial charge is 0.492 e. The van der Waals surface area contributed by atoms with Crippen molar-refractivity contribution >= 4 is 11.6 Å². The van der Waals surface area contributed by atoms with Crippen LogP contribution in [0.2, 0.25) is 0 Å². The van der Waals surface area contributed by atoms with Gasteiger partial charge in [-0.25, -0.2) is 4.68 Å². The molecule has 4 rings (SSSR count). The van der Waals surface area contributed by atoms with Crippen molar-refractivity contribution < 1.29 is 14.3 Å². The number of nitrogens with zero attached hydrogens (tertiary/aromatic N) is 2. The van der Waals surface area contributed by atoms with Crippen LogP contribution >= 0.6 is 0 Å². The van der Waals surface area contributed by atoms with Gasteiger partial charge in [-0.3, -0.25) is 9.59 Å². The van der Waals surface area contributed by atoms with E-state index >= 15 is 0 Å². The third-order valence-electron chi connectivity index (χ3n) is 4.80. The van der Waals surface area contributed by atoms with Crippen molar-refractivity contribution in [2.24, 2.45) is 0 Å². The minimum absolute atomic E-state index is 0.111. The van der Waals surface area contributed by atoms with Crippen LogP contribution in [0.25, 0.3) is 0 Å². The fourth-order valence-electron chi connectivity index (χ4n) is 3.08. The summed E-state index contributed by atoms with van der Waals surface area (Å²) in [6.45, 7) is 2.45. The molecule has 1 heterocycles. The molecule has 0 aliphatic rings. The first kappa shape index (κ1) is 21.8. The molecule has 0 bridgehead atoms. The number of hydrogen-bond donors (Lipinski definition) is 1. The maximum atomic E-state index is 12.8. The summed E-state index contributed by atoms with van der Waals surface area (Å²) in [5, 5.41) is 7.01. The topological polar surface area (TPSA) is 82.5 Å². The Kier molecular flexibility index (Phi) is 6.80. The highest BCUT2D eigenvalue weighted by molar-refractivity contribution is 6.03. The number of hydrogen-bond acceptors (Lipinski definition) is 5. The van der Waals surface area contributed by atoms with Crippen LogP contribution in [-0.2, 0) is 6.54 Å². The van der Waals surface area contributed by atoms with Gasteiger partial charge in [-0.15, -0.1) is 0 Å². The Labute approximate surface area is 191 Å². The molecule has 1 aromatic heterocycles. The summed E-state index contributed by atoms with van der Waals surface area (Å²) in [6, 6.07) is 26.8. The molecule has 0 radical (unpaired) electrons. The molecule has 0 spiro atoms. The highest BCUT2D eigenvalue weighted by Gasteiger charge is 2.13. The molecule has 0 aliphatic heterocycles. The molecule has 33 heavy (non-hydrogen) atoms. The second kappa shape index (κ2) is 10.3. The predicted molar refractivity (Wildman–Crippen MR) is 126 cm³/mol. The number of rotatable bonds is 8. The molecule has 0 fully saturated rings. The zero-order valence-electron chi connectivity index (χ0n) is 18.1. The van der Waals surface area contributed by atoms with E-state index in [-0.39, 0.29) is 24.4 Å². The predicted octanol–water partition coefficient (Wildman–Crippen LogP) is 4.68. The Morgan fingerprint density at radius 1 is 0.879 bits per heavy atom. The molecule has 0 aliphatic carbocycles. The molecule has 1 N–H and O–H groups in total. The van der Waals surface area contributed by atoms with E-state index in [0.717, 1.165) is 5.56 Å². The summed E-state index contributed by atoms with van der Waals surface area (Å²) in [7, 11) is 0. The van der Waals surface area contributed by atoms with E-state index in [2.05, 4.69) is 10.4 Å². The second-order valence-electron chi connectivity index (χ2n) is 7.31. The van der Waals surface area contributed by atoms with Gasteiger partial charge in [-0.1, -0.05) is 48.0 Å². The third-order valence-corrected chi connectivity index (χ3v) is 4.80. The lowest BCUT2D eigenvalue weighted by molar-refractivity contribution is 0.101. The van der Waals surface area contributed by atoms with E-state index in [9.17, 15) is 9.59 Å². The molecule has 0 saturated heterocycles. The van der Waals surface area contributed by atoms with Crippen LogP contribution < -0.4 is 20.3 Å². The molecule has 1 amide bonds. The quantitative estimate of drug-likeness (QED) is 0.430. The fourth-order valence-corrected chi connectivity index (χ4v) is 3.08. The first-order chi connectivity index (χ1) is 16.1. The van der Waals surface area contributed by atoms with Gasteiger partial charge in [0.15, 0.2) is 5.75 Å². The van der Waals surface area contributed by atoms with E-state index < -0.39 is 5.91 Å². The lowest BCUT2D eigenvalue weighted by Gasteiger charge is -2.13. The van der Waals surface area contributed by atoms with Crippen molar-refractivity contribution in [1.82, 2.24) is 9.78 Å². The van der Waals surface area contributed by atoms with Crippen molar-refractivity contribution in [1.29, 1.82) is 0 Å². The Hall–Kier alpha value is -4.39. The summed E-state index contributed by atoms with van der Waals surface area (Å²) >= 11 is 0. The van der Waals surface area contributed by atoms with Gasteiger partial charge in [-0.2, -0.15) is 5.10 Å². The van der Waals surface area contributed by atoms with Gasteiger partial charge in [0.25, 0.3) is 11.5 Å². The minimum atomic E-state index is -0.451. The number of benzene rings is 3. The van der Waals surface area contributed by atoms with Gasteiger partial charge in [0.1, 0.15) is 23.8 Å². The average Bonchev–Trinajstić information content (AvgIpc) is 2.83. The molecular weight excluding hydrogens is 418 g/mol. The summed E-state index contributed by atoms with van der Waals surface area (Å²) in [6.07, 6.45) is 0. The number of carbonyl (C=O) groups is 1. The fraction of sp³-hybridized carbons (Fsp3) is 0.115. The van der Waals surface area contributed by atoms with Gasteiger partial charge >= 0.3 is 0 Å². The molecule has 4 aromatic rings. The molecular formula is C26H23N3O4. The van der Waals surface area contributed by atoms with E-state index in [0.29, 0.717) is 22.9 Å². The van der Waals surface area contributed by atoms with Crippen molar-refractivity contribution in [2.45, 2.75) is 13.5 Å². The molecule has 7 heteroatoms. The van der Waals surface area contributed by atoms with Gasteiger partial charge in [0.05, 0.1) is 12.2 Å². The highest BCUT2D eigenvalue weighted by atomic mass is 16.5. The lowest BCUT2D eigenvalue weighted by Crippen LogP contribution is -2.28. The summed E-state index contributed by atoms with van der Waals surface area (Å²) in [4.78, 5) is 25.0. The normalized spacial score (nSPS) is 10.5. The molecule has 166 valence electrons. The number of nitrogens with one attached hydrogen (secondary N) is 1. The molecule has 0 atom stereocenters. The zero-order valence-corrected chi connectivity index (χ0v) is 18.1. The lowest BCUT2D eigenvalue weighted by atomic mass is 10.2. The molecule has 0 saturated carbocycles. The van der Waals surface area contributed by atoms with Gasteiger partial charge in [0, 0.05) is 6.07 Å². The summed E-state index contributed by atoms with van der Waals surface area (Å²) in [5.41, 5.74) is 1.42. The number of aromatic nitrogens is 2. The highest BCUT2D eigenvalue weighted by Crippen LogP contribution is 2.29. The van der Waals surface area contributed by atoms with Crippen LogP contribution in [0.15, 0.2) is 95.8 Å². The number of anilines is 1. The number of amides is 1. The number of para-hydroxylation sites is 3. The Bertz CT molecular complexity index is 1280. The van der Waals surface area contributed by atoms with Gasteiger partial charge in [0.2, 0.25) is 0 Å². The second-order valence-corrected chi connectivity index (χ2v) is 7.31. The van der Waals surface area contributed by atoms with Gasteiger partial charge in [-0.05, 0) is 49.4 Å². The molecule has 0 unspecified atom stereocenters. The van der Waals surface area contributed by atoms with E-state index in [4.69, 9.17) is 9.47 Å². The smallest absolute Gasteiger partial charge is 0.276 e. The number of ether oxygens (including phenoxy) is 2. The van der Waals surface area contributed by atoms with Crippen molar-refractivity contribution in [2.75, 3.05) is 11.9 Å². The number of carbonyl (C=O) groups excluding carboxylic acids is 1. The third kappa shape index (κ3) is 5.86. The van der Waals surface area contributed by atoms with E-state index in [1.54, 1.807) is 18.2 Å². The standard InChI is InChI=1S/C26H23N3O4/c1-19-11-13-21(14-12-19)33-24-10-6-5-9-22(24)27-26(31)23-15-16-25(30)29(28-23)17-18-32-20-7-3-2-4-8-20/h2-16H,17-18H2,1H3,(H,27,31). The van der Waals surface area contributed by atoms with Crippen molar-refractivity contribution in [3.8, 4) is 17.2 Å².